The Hall–Kier alpha value is -2.64. The lowest BCUT2D eigenvalue weighted by Crippen LogP contribution is -2.35. The molecule has 2 fully saturated rings. The van der Waals surface area contributed by atoms with Crippen molar-refractivity contribution in [1.29, 1.82) is 0 Å². The average Bonchev–Trinajstić information content (AvgIpc) is 3.34. The second-order valence-electron chi connectivity index (χ2n) is 7.95. The van der Waals surface area contributed by atoms with Crippen LogP contribution in [0.3, 0.4) is 0 Å². The SMILES string of the molecule is O=C(Nc1cccc(CNc2ncc(C(=O)N3CCCCC3)cc2Cl)c1)C1CCCO1. The molecule has 0 bridgehead atoms. The zero-order chi connectivity index (χ0) is 21.6. The first-order valence-corrected chi connectivity index (χ1v) is 11.2. The molecular formula is C23H27ClN4O3. The van der Waals surface area contributed by atoms with E-state index >= 15 is 0 Å². The lowest BCUT2D eigenvalue weighted by Gasteiger charge is -2.26. The number of amides is 2. The number of piperidine rings is 1. The Kier molecular flexibility index (Phi) is 7.04. The third-order valence-corrected chi connectivity index (χ3v) is 5.90. The molecule has 7 nitrogen and oxygen atoms in total. The van der Waals surface area contributed by atoms with Crippen molar-refractivity contribution in [3.05, 3.63) is 52.7 Å². The summed E-state index contributed by atoms with van der Waals surface area (Å²) in [5, 5.41) is 6.52. The summed E-state index contributed by atoms with van der Waals surface area (Å²) in [6, 6.07) is 9.27. The van der Waals surface area contributed by atoms with Gasteiger partial charge in [0.25, 0.3) is 11.8 Å². The summed E-state index contributed by atoms with van der Waals surface area (Å²) in [5.41, 5.74) is 2.20. The molecule has 0 saturated carbocycles. The van der Waals surface area contributed by atoms with Crippen LogP contribution in [0.5, 0.6) is 0 Å². The molecule has 2 aliphatic heterocycles. The quantitative estimate of drug-likeness (QED) is 0.703. The summed E-state index contributed by atoms with van der Waals surface area (Å²) in [7, 11) is 0. The molecule has 1 unspecified atom stereocenters. The highest BCUT2D eigenvalue weighted by Gasteiger charge is 2.23. The number of hydrogen-bond acceptors (Lipinski definition) is 5. The maximum absolute atomic E-state index is 12.6. The third kappa shape index (κ3) is 5.54. The van der Waals surface area contributed by atoms with E-state index in [0.29, 0.717) is 29.6 Å². The summed E-state index contributed by atoms with van der Waals surface area (Å²) < 4.78 is 5.43. The van der Waals surface area contributed by atoms with Gasteiger partial charge in [0.2, 0.25) is 0 Å². The van der Waals surface area contributed by atoms with E-state index in [1.807, 2.05) is 29.2 Å². The second-order valence-corrected chi connectivity index (χ2v) is 8.36. The molecule has 31 heavy (non-hydrogen) atoms. The molecule has 2 aromatic rings. The molecule has 164 valence electrons. The van der Waals surface area contributed by atoms with Gasteiger partial charge in [-0.25, -0.2) is 4.98 Å². The third-order valence-electron chi connectivity index (χ3n) is 5.61. The van der Waals surface area contributed by atoms with Gasteiger partial charge in [-0.3, -0.25) is 9.59 Å². The number of ether oxygens (including phenoxy) is 1. The van der Waals surface area contributed by atoms with Crippen molar-refractivity contribution in [2.45, 2.75) is 44.8 Å². The first kappa shape index (κ1) is 21.6. The molecule has 1 aromatic heterocycles. The average molecular weight is 443 g/mol. The minimum absolute atomic E-state index is 0.0182. The fourth-order valence-corrected chi connectivity index (χ4v) is 4.15. The van der Waals surface area contributed by atoms with E-state index in [2.05, 4.69) is 15.6 Å². The number of hydrogen-bond donors (Lipinski definition) is 2. The van der Waals surface area contributed by atoms with Gasteiger partial charge in [-0.2, -0.15) is 0 Å². The van der Waals surface area contributed by atoms with Crippen LogP contribution < -0.4 is 10.6 Å². The molecule has 1 atom stereocenters. The van der Waals surface area contributed by atoms with Crippen molar-refractivity contribution in [3.63, 3.8) is 0 Å². The highest BCUT2D eigenvalue weighted by molar-refractivity contribution is 6.33. The lowest BCUT2D eigenvalue weighted by atomic mass is 10.1. The molecule has 0 aliphatic carbocycles. The minimum Gasteiger partial charge on any atom is -0.368 e. The van der Waals surface area contributed by atoms with E-state index in [-0.39, 0.29) is 17.9 Å². The van der Waals surface area contributed by atoms with E-state index < -0.39 is 0 Å². The highest BCUT2D eigenvalue weighted by atomic mass is 35.5. The molecule has 1 aromatic carbocycles. The van der Waals surface area contributed by atoms with E-state index in [1.165, 1.54) is 6.42 Å². The van der Waals surface area contributed by atoms with E-state index in [4.69, 9.17) is 16.3 Å². The maximum atomic E-state index is 12.6. The monoisotopic (exact) mass is 442 g/mol. The van der Waals surface area contributed by atoms with Gasteiger partial charge in [0.15, 0.2) is 0 Å². The predicted molar refractivity (Wildman–Crippen MR) is 120 cm³/mol. The number of halogens is 1. The van der Waals surface area contributed by atoms with Crippen molar-refractivity contribution in [1.82, 2.24) is 9.88 Å². The van der Waals surface area contributed by atoms with Crippen LogP contribution >= 0.6 is 11.6 Å². The van der Waals surface area contributed by atoms with Crippen LogP contribution in [-0.4, -0.2) is 47.5 Å². The van der Waals surface area contributed by atoms with Crippen LogP contribution in [-0.2, 0) is 16.1 Å². The van der Waals surface area contributed by atoms with Crippen molar-refractivity contribution in [2.75, 3.05) is 30.3 Å². The first-order chi connectivity index (χ1) is 15.1. The topological polar surface area (TPSA) is 83.6 Å². The summed E-state index contributed by atoms with van der Waals surface area (Å²) in [4.78, 5) is 31.1. The summed E-state index contributed by atoms with van der Waals surface area (Å²) in [5.74, 6) is 0.391. The van der Waals surface area contributed by atoms with Crippen LogP contribution in [0.25, 0.3) is 0 Å². The van der Waals surface area contributed by atoms with Crippen LogP contribution in [0.2, 0.25) is 5.02 Å². The van der Waals surface area contributed by atoms with Gasteiger partial charge in [-0.15, -0.1) is 0 Å². The van der Waals surface area contributed by atoms with Gasteiger partial charge in [0, 0.05) is 38.1 Å². The minimum atomic E-state index is -0.365. The Morgan fingerprint density at radius 2 is 2.00 bits per heavy atom. The maximum Gasteiger partial charge on any atom is 0.255 e. The van der Waals surface area contributed by atoms with Crippen LogP contribution in [0.15, 0.2) is 36.5 Å². The number of pyridine rings is 1. The van der Waals surface area contributed by atoms with E-state index in [9.17, 15) is 9.59 Å². The molecule has 0 spiro atoms. The van der Waals surface area contributed by atoms with Crippen LogP contribution in [0.4, 0.5) is 11.5 Å². The zero-order valence-electron chi connectivity index (χ0n) is 17.4. The van der Waals surface area contributed by atoms with Gasteiger partial charge < -0.3 is 20.3 Å². The second kappa shape index (κ2) is 10.1. The largest absolute Gasteiger partial charge is 0.368 e. The first-order valence-electron chi connectivity index (χ1n) is 10.8. The molecule has 4 rings (SSSR count). The number of carbonyl (C=O) groups excluding carboxylic acids is 2. The van der Waals surface area contributed by atoms with Crippen LogP contribution in [0.1, 0.15) is 48.0 Å². The Morgan fingerprint density at radius 1 is 1.16 bits per heavy atom. The number of nitrogens with zero attached hydrogens (tertiary/aromatic N) is 2. The normalized spacial score (nSPS) is 18.6. The number of rotatable bonds is 6. The van der Waals surface area contributed by atoms with Gasteiger partial charge in [0.05, 0.1) is 10.6 Å². The Balaban J connectivity index is 1.35. The van der Waals surface area contributed by atoms with Crippen molar-refractivity contribution in [3.8, 4) is 0 Å². The van der Waals surface area contributed by atoms with E-state index in [1.54, 1.807) is 12.3 Å². The number of carbonyl (C=O) groups is 2. The molecule has 3 heterocycles. The number of likely N-dealkylation sites (tertiary alicyclic amines) is 1. The van der Waals surface area contributed by atoms with Crippen molar-refractivity contribution >= 4 is 34.9 Å². The molecule has 2 aliphatic rings. The van der Waals surface area contributed by atoms with Gasteiger partial charge >= 0.3 is 0 Å². The van der Waals surface area contributed by atoms with Gasteiger partial charge in [0.1, 0.15) is 11.9 Å². The molecular weight excluding hydrogens is 416 g/mol. The van der Waals surface area contributed by atoms with Crippen LogP contribution in [0, 0.1) is 0 Å². The number of aromatic nitrogens is 1. The molecule has 8 heteroatoms. The Bertz CT molecular complexity index is 940. The summed E-state index contributed by atoms with van der Waals surface area (Å²) in [6.45, 7) is 2.69. The predicted octanol–water partition coefficient (Wildman–Crippen LogP) is 4.09. The molecule has 2 amide bonds. The smallest absolute Gasteiger partial charge is 0.255 e. The number of nitrogens with one attached hydrogen (secondary N) is 2. The summed E-state index contributed by atoms with van der Waals surface area (Å²) >= 11 is 6.38. The fraction of sp³-hybridized carbons (Fsp3) is 0.435. The Morgan fingerprint density at radius 3 is 2.74 bits per heavy atom. The summed E-state index contributed by atoms with van der Waals surface area (Å²) in [6.07, 6.45) is 6.13. The van der Waals surface area contributed by atoms with Gasteiger partial charge in [-0.05, 0) is 55.9 Å². The van der Waals surface area contributed by atoms with Crippen molar-refractivity contribution < 1.29 is 14.3 Å². The highest BCUT2D eigenvalue weighted by Crippen LogP contribution is 2.23. The lowest BCUT2D eigenvalue weighted by molar-refractivity contribution is -0.124. The van der Waals surface area contributed by atoms with E-state index in [0.717, 1.165) is 50.0 Å². The standard InChI is InChI=1S/C23H27ClN4O3/c24-19-13-17(23(30)28-9-2-1-3-10-28)15-26-21(19)25-14-16-6-4-7-18(12-16)27-22(29)20-8-5-11-31-20/h4,6-7,12-13,15,20H,1-3,5,8-11,14H2,(H,25,26)(H,27,29). The zero-order valence-corrected chi connectivity index (χ0v) is 18.2. The molecule has 0 radical (unpaired) electrons. The molecule has 2 saturated heterocycles. The molecule has 2 N–H and O–H groups in total. The van der Waals surface area contributed by atoms with Gasteiger partial charge in [-0.1, -0.05) is 23.7 Å². The fourth-order valence-electron chi connectivity index (χ4n) is 3.92. The van der Waals surface area contributed by atoms with Crippen molar-refractivity contribution in [2.24, 2.45) is 0 Å². The number of anilines is 2. The number of benzene rings is 1. The Labute approximate surface area is 187 Å².